The molecule has 1 saturated heterocycles. The molecule has 3 nitrogen and oxygen atoms in total. The van der Waals surface area contributed by atoms with E-state index in [1.807, 2.05) is 17.8 Å². The molecule has 0 aromatic carbocycles. The van der Waals surface area contributed by atoms with Gasteiger partial charge >= 0.3 is 0 Å². The standard InChI is InChI=1S/C11H17N3S/c1-2-8-7-10(12)14-11(13-8)9-5-3-4-6-15-9/h7,9H,2-6H2,1H3,(H2,12,13,14). The quantitative estimate of drug-likeness (QED) is 0.837. The minimum Gasteiger partial charge on any atom is -0.384 e. The zero-order valence-corrected chi connectivity index (χ0v) is 9.89. The molecule has 1 aliphatic heterocycles. The number of aromatic nitrogens is 2. The molecule has 0 amide bonds. The predicted molar refractivity (Wildman–Crippen MR) is 64.9 cm³/mol. The smallest absolute Gasteiger partial charge is 0.143 e. The van der Waals surface area contributed by atoms with Gasteiger partial charge in [-0.3, -0.25) is 0 Å². The van der Waals surface area contributed by atoms with Crippen LogP contribution in [0.5, 0.6) is 0 Å². The lowest BCUT2D eigenvalue weighted by molar-refractivity contribution is 0.659. The van der Waals surface area contributed by atoms with Crippen LogP contribution < -0.4 is 5.73 Å². The number of nitrogen functional groups attached to an aromatic ring is 1. The summed E-state index contributed by atoms with van der Waals surface area (Å²) < 4.78 is 0. The van der Waals surface area contributed by atoms with E-state index in [1.54, 1.807) is 0 Å². The van der Waals surface area contributed by atoms with E-state index in [9.17, 15) is 0 Å². The third-order valence-electron chi connectivity index (χ3n) is 2.65. The third kappa shape index (κ3) is 2.62. The fourth-order valence-electron chi connectivity index (χ4n) is 1.81. The van der Waals surface area contributed by atoms with Crippen LogP contribution in [0, 0.1) is 0 Å². The highest BCUT2D eigenvalue weighted by Crippen LogP contribution is 2.36. The van der Waals surface area contributed by atoms with E-state index in [0.717, 1.165) is 17.9 Å². The van der Waals surface area contributed by atoms with Crippen molar-refractivity contribution < 1.29 is 0 Å². The van der Waals surface area contributed by atoms with Crippen molar-refractivity contribution in [3.8, 4) is 0 Å². The van der Waals surface area contributed by atoms with Crippen LogP contribution in [-0.4, -0.2) is 15.7 Å². The first-order valence-corrected chi connectivity index (χ1v) is 6.59. The van der Waals surface area contributed by atoms with Gasteiger partial charge in [0.15, 0.2) is 0 Å². The number of aryl methyl sites for hydroxylation is 1. The Kier molecular flexibility index (Phi) is 3.46. The molecule has 0 bridgehead atoms. The number of nitrogens with two attached hydrogens (primary N) is 1. The van der Waals surface area contributed by atoms with Crippen LogP contribution in [0.4, 0.5) is 5.82 Å². The molecule has 15 heavy (non-hydrogen) atoms. The maximum absolute atomic E-state index is 5.78. The van der Waals surface area contributed by atoms with Crippen LogP contribution in [0.15, 0.2) is 6.07 Å². The van der Waals surface area contributed by atoms with Gasteiger partial charge in [-0.15, -0.1) is 0 Å². The van der Waals surface area contributed by atoms with Gasteiger partial charge in [0.1, 0.15) is 11.6 Å². The van der Waals surface area contributed by atoms with Crippen molar-refractivity contribution in [2.45, 2.75) is 37.9 Å². The Hall–Kier alpha value is -0.770. The van der Waals surface area contributed by atoms with Crippen LogP contribution in [0.1, 0.15) is 43.0 Å². The Morgan fingerprint density at radius 2 is 2.33 bits per heavy atom. The summed E-state index contributed by atoms with van der Waals surface area (Å²) in [5, 5.41) is 0.465. The summed E-state index contributed by atoms with van der Waals surface area (Å²) in [6.07, 6.45) is 4.73. The minimum absolute atomic E-state index is 0.465. The van der Waals surface area contributed by atoms with Crippen LogP contribution >= 0.6 is 11.8 Å². The number of nitrogens with zero attached hydrogens (tertiary/aromatic N) is 2. The van der Waals surface area contributed by atoms with Crippen LogP contribution in [0.3, 0.4) is 0 Å². The van der Waals surface area contributed by atoms with Gasteiger partial charge in [-0.05, 0) is 25.0 Å². The molecule has 1 aromatic heterocycles. The summed E-state index contributed by atoms with van der Waals surface area (Å²) in [6.45, 7) is 2.10. The molecule has 2 heterocycles. The number of hydrogen-bond donors (Lipinski definition) is 1. The largest absolute Gasteiger partial charge is 0.384 e. The number of hydrogen-bond acceptors (Lipinski definition) is 4. The predicted octanol–water partition coefficient (Wildman–Crippen LogP) is 2.58. The van der Waals surface area contributed by atoms with Gasteiger partial charge in [-0.25, -0.2) is 9.97 Å². The summed E-state index contributed by atoms with van der Waals surface area (Å²) in [5.41, 5.74) is 6.84. The number of anilines is 1. The van der Waals surface area contributed by atoms with E-state index in [0.29, 0.717) is 11.1 Å². The van der Waals surface area contributed by atoms with E-state index < -0.39 is 0 Å². The normalized spacial score (nSPS) is 21.5. The lowest BCUT2D eigenvalue weighted by atomic mass is 10.1. The van der Waals surface area contributed by atoms with E-state index in [2.05, 4.69) is 16.9 Å². The Morgan fingerprint density at radius 1 is 1.47 bits per heavy atom. The Labute approximate surface area is 94.9 Å². The van der Waals surface area contributed by atoms with Gasteiger partial charge in [0.2, 0.25) is 0 Å². The summed E-state index contributed by atoms with van der Waals surface area (Å²) in [7, 11) is 0. The van der Waals surface area contributed by atoms with Gasteiger partial charge in [-0.2, -0.15) is 11.8 Å². The average Bonchev–Trinajstić information content (AvgIpc) is 2.29. The minimum atomic E-state index is 0.465. The van der Waals surface area contributed by atoms with Crippen molar-refractivity contribution in [2.24, 2.45) is 0 Å². The Bertz CT molecular complexity index is 335. The molecular formula is C11H17N3S. The van der Waals surface area contributed by atoms with Crippen LogP contribution in [0.25, 0.3) is 0 Å². The third-order valence-corrected chi connectivity index (χ3v) is 4.02. The van der Waals surface area contributed by atoms with Crippen LogP contribution in [0.2, 0.25) is 0 Å². The summed E-state index contributed by atoms with van der Waals surface area (Å²) in [5.74, 6) is 2.78. The maximum Gasteiger partial charge on any atom is 0.143 e. The van der Waals surface area contributed by atoms with Crippen molar-refractivity contribution in [2.75, 3.05) is 11.5 Å². The topological polar surface area (TPSA) is 51.8 Å². The summed E-state index contributed by atoms with van der Waals surface area (Å²) in [6, 6.07) is 1.87. The van der Waals surface area contributed by atoms with E-state index >= 15 is 0 Å². The molecule has 2 N–H and O–H groups in total. The maximum atomic E-state index is 5.78. The molecule has 1 aromatic rings. The molecule has 2 rings (SSSR count). The molecule has 0 saturated carbocycles. The highest BCUT2D eigenvalue weighted by molar-refractivity contribution is 7.99. The van der Waals surface area contributed by atoms with Crippen molar-refractivity contribution in [1.29, 1.82) is 0 Å². The summed E-state index contributed by atoms with van der Waals surface area (Å²) >= 11 is 1.96. The molecular weight excluding hydrogens is 206 g/mol. The fourth-order valence-corrected chi connectivity index (χ4v) is 3.05. The van der Waals surface area contributed by atoms with E-state index in [1.165, 1.54) is 25.0 Å². The first-order valence-electron chi connectivity index (χ1n) is 5.54. The molecule has 1 fully saturated rings. The molecule has 1 aliphatic rings. The molecule has 82 valence electrons. The Balaban J connectivity index is 2.22. The van der Waals surface area contributed by atoms with E-state index in [4.69, 9.17) is 5.73 Å². The van der Waals surface area contributed by atoms with Crippen molar-refractivity contribution >= 4 is 17.6 Å². The van der Waals surface area contributed by atoms with Gasteiger partial charge in [0.25, 0.3) is 0 Å². The fraction of sp³-hybridized carbons (Fsp3) is 0.636. The second kappa shape index (κ2) is 4.84. The monoisotopic (exact) mass is 223 g/mol. The molecule has 0 spiro atoms. The van der Waals surface area contributed by atoms with Gasteiger partial charge in [-0.1, -0.05) is 13.3 Å². The first-order chi connectivity index (χ1) is 7.29. The highest BCUT2D eigenvalue weighted by atomic mass is 32.2. The zero-order chi connectivity index (χ0) is 10.7. The number of rotatable bonds is 2. The lowest BCUT2D eigenvalue weighted by Crippen LogP contribution is -2.09. The molecule has 0 aliphatic carbocycles. The number of thioether (sulfide) groups is 1. The Morgan fingerprint density at radius 3 is 3.00 bits per heavy atom. The highest BCUT2D eigenvalue weighted by Gasteiger charge is 2.19. The SMILES string of the molecule is CCc1cc(N)nc(C2CCCCS2)n1. The van der Waals surface area contributed by atoms with E-state index in [-0.39, 0.29) is 0 Å². The zero-order valence-electron chi connectivity index (χ0n) is 9.07. The van der Waals surface area contributed by atoms with Gasteiger partial charge in [0, 0.05) is 11.8 Å². The molecule has 4 heteroatoms. The lowest BCUT2D eigenvalue weighted by Gasteiger charge is -2.20. The molecule has 1 atom stereocenters. The average molecular weight is 223 g/mol. The van der Waals surface area contributed by atoms with Crippen molar-refractivity contribution in [3.63, 3.8) is 0 Å². The summed E-state index contributed by atoms with van der Waals surface area (Å²) in [4.78, 5) is 8.92. The molecule has 1 unspecified atom stereocenters. The second-order valence-electron chi connectivity index (χ2n) is 3.85. The van der Waals surface area contributed by atoms with Gasteiger partial charge in [0.05, 0.1) is 5.25 Å². The van der Waals surface area contributed by atoms with Crippen molar-refractivity contribution in [1.82, 2.24) is 9.97 Å². The van der Waals surface area contributed by atoms with Crippen LogP contribution in [-0.2, 0) is 6.42 Å². The van der Waals surface area contributed by atoms with Gasteiger partial charge < -0.3 is 5.73 Å². The first kappa shape index (κ1) is 10.7. The second-order valence-corrected chi connectivity index (χ2v) is 5.16. The molecule has 0 radical (unpaired) electrons. The van der Waals surface area contributed by atoms with Crippen molar-refractivity contribution in [3.05, 3.63) is 17.6 Å².